The molecule has 12 heavy (non-hydrogen) atoms. The summed E-state index contributed by atoms with van der Waals surface area (Å²) in [5.41, 5.74) is 0.999. The zero-order valence-electron chi connectivity index (χ0n) is 6.09. The molecular formula is C9H5Br2N. The molecule has 0 aliphatic heterocycles. The number of halogens is 2. The van der Waals surface area contributed by atoms with E-state index in [0.29, 0.717) is 0 Å². The maximum absolute atomic E-state index is 4.24. The Labute approximate surface area is 87.1 Å². The first-order valence-corrected chi connectivity index (χ1v) is 5.06. The molecule has 0 aliphatic rings. The highest BCUT2D eigenvalue weighted by molar-refractivity contribution is 9.11. The lowest BCUT2D eigenvalue weighted by atomic mass is 10.2. The van der Waals surface area contributed by atoms with Crippen LogP contribution in [0.25, 0.3) is 10.9 Å². The van der Waals surface area contributed by atoms with Crippen molar-refractivity contribution in [2.45, 2.75) is 0 Å². The minimum absolute atomic E-state index is 0.999. The summed E-state index contributed by atoms with van der Waals surface area (Å²) in [6.07, 6.45) is 1.79. The molecule has 3 heteroatoms. The molecule has 1 heterocycles. The lowest BCUT2D eigenvalue weighted by Crippen LogP contribution is -1.78. The number of pyridine rings is 1. The number of fused-ring (bicyclic) bond motifs is 1. The molecule has 0 fully saturated rings. The summed E-state index contributed by atoms with van der Waals surface area (Å²) < 4.78 is 2.14. The van der Waals surface area contributed by atoms with Gasteiger partial charge in [-0.05, 0) is 18.2 Å². The normalized spacial score (nSPS) is 10.5. The summed E-state index contributed by atoms with van der Waals surface area (Å²) in [6.45, 7) is 0. The zero-order chi connectivity index (χ0) is 8.55. The van der Waals surface area contributed by atoms with E-state index in [1.54, 1.807) is 6.20 Å². The minimum atomic E-state index is 0.999. The van der Waals surface area contributed by atoms with Crippen LogP contribution >= 0.6 is 31.9 Å². The van der Waals surface area contributed by atoms with Crippen LogP contribution in [-0.2, 0) is 0 Å². The van der Waals surface area contributed by atoms with Gasteiger partial charge in [0.1, 0.15) is 0 Å². The van der Waals surface area contributed by atoms with Gasteiger partial charge in [0.05, 0.1) is 5.52 Å². The second-order valence-electron chi connectivity index (χ2n) is 2.45. The van der Waals surface area contributed by atoms with Crippen molar-refractivity contribution < 1.29 is 0 Å². The largest absolute Gasteiger partial charge is 0.256 e. The van der Waals surface area contributed by atoms with E-state index in [9.17, 15) is 0 Å². The van der Waals surface area contributed by atoms with Crippen molar-refractivity contribution in [2.75, 3.05) is 0 Å². The van der Waals surface area contributed by atoms with E-state index in [-0.39, 0.29) is 0 Å². The molecule has 2 aromatic rings. The van der Waals surface area contributed by atoms with E-state index >= 15 is 0 Å². The maximum atomic E-state index is 4.24. The molecule has 1 nitrogen and oxygen atoms in total. The van der Waals surface area contributed by atoms with E-state index in [1.807, 2.05) is 24.3 Å². The Kier molecular flexibility index (Phi) is 2.15. The van der Waals surface area contributed by atoms with Gasteiger partial charge in [-0.2, -0.15) is 0 Å². The lowest BCUT2D eigenvalue weighted by molar-refractivity contribution is 1.40. The number of benzene rings is 1. The van der Waals surface area contributed by atoms with Crippen molar-refractivity contribution in [3.05, 3.63) is 39.4 Å². The number of aromatic nitrogens is 1. The molecule has 0 atom stereocenters. The van der Waals surface area contributed by atoms with Crippen molar-refractivity contribution in [1.82, 2.24) is 4.98 Å². The molecule has 2 rings (SSSR count). The first-order valence-electron chi connectivity index (χ1n) is 3.47. The predicted molar refractivity (Wildman–Crippen MR) is 57.1 cm³/mol. The summed E-state index contributed by atoms with van der Waals surface area (Å²) >= 11 is 6.87. The van der Waals surface area contributed by atoms with E-state index in [2.05, 4.69) is 36.8 Å². The summed E-state index contributed by atoms with van der Waals surface area (Å²) in [7, 11) is 0. The Morgan fingerprint density at radius 3 is 2.75 bits per heavy atom. The summed E-state index contributed by atoms with van der Waals surface area (Å²) in [5.74, 6) is 0. The van der Waals surface area contributed by atoms with E-state index < -0.39 is 0 Å². The molecule has 0 aliphatic carbocycles. The number of nitrogens with zero attached hydrogens (tertiary/aromatic N) is 1. The van der Waals surface area contributed by atoms with Crippen LogP contribution in [0.2, 0.25) is 0 Å². The van der Waals surface area contributed by atoms with Crippen LogP contribution in [0.1, 0.15) is 0 Å². The van der Waals surface area contributed by atoms with Gasteiger partial charge in [-0.1, -0.05) is 37.9 Å². The van der Waals surface area contributed by atoms with Gasteiger partial charge in [0.15, 0.2) is 0 Å². The molecule has 0 unspecified atom stereocenters. The summed E-state index contributed by atoms with van der Waals surface area (Å²) in [5, 5.41) is 1.14. The van der Waals surface area contributed by atoms with Gasteiger partial charge in [-0.25, -0.2) is 0 Å². The van der Waals surface area contributed by atoms with Crippen LogP contribution < -0.4 is 0 Å². The second-order valence-corrected chi connectivity index (χ2v) is 4.22. The quantitative estimate of drug-likeness (QED) is 0.719. The highest BCUT2D eigenvalue weighted by Gasteiger charge is 1.98. The summed E-state index contributed by atoms with van der Waals surface area (Å²) in [6, 6.07) is 7.99. The highest BCUT2D eigenvalue weighted by Crippen LogP contribution is 2.24. The summed E-state index contributed by atoms with van der Waals surface area (Å²) in [4.78, 5) is 4.24. The smallest absolute Gasteiger partial charge is 0.0724 e. The molecule has 0 bridgehead atoms. The molecule has 1 aromatic carbocycles. The van der Waals surface area contributed by atoms with E-state index in [1.165, 1.54) is 0 Å². The SMILES string of the molecule is Brc1ccc2c(Br)ccnc2c1. The molecule has 0 saturated carbocycles. The first kappa shape index (κ1) is 8.20. The molecule has 0 amide bonds. The Bertz CT molecular complexity index is 426. The van der Waals surface area contributed by atoms with Crippen molar-refractivity contribution in [3.63, 3.8) is 0 Å². The molecule has 1 aromatic heterocycles. The maximum Gasteiger partial charge on any atom is 0.0724 e. The van der Waals surface area contributed by atoms with Crippen LogP contribution in [0.3, 0.4) is 0 Å². The van der Waals surface area contributed by atoms with Crippen molar-refractivity contribution in [1.29, 1.82) is 0 Å². The number of hydrogen-bond donors (Lipinski definition) is 0. The van der Waals surface area contributed by atoms with Crippen LogP contribution in [-0.4, -0.2) is 4.98 Å². The van der Waals surface area contributed by atoms with Gasteiger partial charge in [0.2, 0.25) is 0 Å². The number of hydrogen-bond acceptors (Lipinski definition) is 1. The van der Waals surface area contributed by atoms with Crippen LogP contribution in [0.5, 0.6) is 0 Å². The Morgan fingerprint density at radius 2 is 1.92 bits per heavy atom. The third-order valence-electron chi connectivity index (χ3n) is 1.65. The Morgan fingerprint density at radius 1 is 1.08 bits per heavy atom. The Hall–Kier alpha value is -0.410. The Balaban J connectivity index is 2.86. The fraction of sp³-hybridized carbons (Fsp3) is 0. The fourth-order valence-electron chi connectivity index (χ4n) is 1.09. The van der Waals surface area contributed by atoms with Crippen molar-refractivity contribution >= 4 is 42.8 Å². The van der Waals surface area contributed by atoms with E-state index in [4.69, 9.17) is 0 Å². The molecule has 0 radical (unpaired) electrons. The molecule has 0 saturated heterocycles. The van der Waals surface area contributed by atoms with Gasteiger partial charge < -0.3 is 0 Å². The third kappa shape index (κ3) is 1.39. The van der Waals surface area contributed by atoms with Gasteiger partial charge in [0.25, 0.3) is 0 Å². The average molecular weight is 287 g/mol. The minimum Gasteiger partial charge on any atom is -0.256 e. The van der Waals surface area contributed by atoms with Crippen molar-refractivity contribution in [3.8, 4) is 0 Å². The molecular weight excluding hydrogens is 282 g/mol. The van der Waals surface area contributed by atoms with E-state index in [0.717, 1.165) is 19.8 Å². The van der Waals surface area contributed by atoms with Gasteiger partial charge in [0, 0.05) is 20.5 Å². The fourth-order valence-corrected chi connectivity index (χ4v) is 1.89. The first-order chi connectivity index (χ1) is 5.77. The highest BCUT2D eigenvalue weighted by atomic mass is 79.9. The van der Waals surface area contributed by atoms with Crippen LogP contribution in [0.4, 0.5) is 0 Å². The van der Waals surface area contributed by atoms with Gasteiger partial charge in [-0.3, -0.25) is 4.98 Å². The zero-order valence-corrected chi connectivity index (χ0v) is 9.26. The van der Waals surface area contributed by atoms with Crippen LogP contribution in [0.15, 0.2) is 39.4 Å². The average Bonchev–Trinajstić information content (AvgIpc) is 2.04. The lowest BCUT2D eigenvalue weighted by Gasteiger charge is -1.98. The topological polar surface area (TPSA) is 12.9 Å². The predicted octanol–water partition coefficient (Wildman–Crippen LogP) is 3.76. The standard InChI is InChI=1S/C9H5Br2N/c10-6-1-2-7-8(11)3-4-12-9(7)5-6/h1-5H. The molecule has 0 spiro atoms. The van der Waals surface area contributed by atoms with Crippen LogP contribution in [0, 0.1) is 0 Å². The number of rotatable bonds is 0. The van der Waals surface area contributed by atoms with Gasteiger partial charge in [-0.15, -0.1) is 0 Å². The second kappa shape index (κ2) is 3.15. The monoisotopic (exact) mass is 285 g/mol. The third-order valence-corrected chi connectivity index (χ3v) is 2.84. The molecule has 60 valence electrons. The molecule has 0 N–H and O–H groups in total. The van der Waals surface area contributed by atoms with Gasteiger partial charge >= 0.3 is 0 Å². The van der Waals surface area contributed by atoms with Crippen molar-refractivity contribution in [2.24, 2.45) is 0 Å².